The summed E-state index contributed by atoms with van der Waals surface area (Å²) in [7, 11) is 0. The second-order valence-corrected chi connectivity index (χ2v) is 7.99. The van der Waals surface area contributed by atoms with Crippen molar-refractivity contribution in [3.8, 4) is 5.69 Å². The van der Waals surface area contributed by atoms with Crippen LogP contribution in [0, 0.1) is 10.1 Å². The lowest BCUT2D eigenvalue weighted by molar-refractivity contribution is -0.383. The number of carbonyl (C=O) groups excluding carboxylic acids is 1. The molecule has 2 aromatic carbocycles. The fraction of sp³-hybridized carbons (Fsp3) is 0.0385. The summed E-state index contributed by atoms with van der Waals surface area (Å²) in [6, 6.07) is 19.0. The Morgan fingerprint density at radius 3 is 2.62 bits per heavy atom. The highest BCUT2D eigenvalue weighted by Crippen LogP contribution is 2.24. The molecular formula is C26H19N7O4. The lowest BCUT2D eigenvalue weighted by atomic mass is 10.1. The topological polar surface area (TPSA) is 145 Å². The molecule has 11 nitrogen and oxygen atoms in total. The molecule has 11 heteroatoms. The van der Waals surface area contributed by atoms with Crippen LogP contribution < -0.4 is 16.2 Å². The van der Waals surface area contributed by atoms with E-state index in [1.165, 1.54) is 22.8 Å². The third-order valence-electron chi connectivity index (χ3n) is 5.49. The fourth-order valence-corrected chi connectivity index (χ4v) is 3.86. The van der Waals surface area contributed by atoms with E-state index >= 15 is 0 Å². The molecule has 0 fully saturated rings. The second kappa shape index (κ2) is 10.0. The smallest absolute Gasteiger partial charge is 0.308 e. The summed E-state index contributed by atoms with van der Waals surface area (Å²) in [5.41, 5.74) is 2.37. The zero-order valence-corrected chi connectivity index (χ0v) is 19.2. The molecule has 0 atom stereocenters. The van der Waals surface area contributed by atoms with Gasteiger partial charge in [0.25, 0.3) is 11.2 Å². The number of amides is 2. The maximum Gasteiger partial charge on any atom is 0.323 e. The highest BCUT2D eigenvalue weighted by molar-refractivity contribution is 6.01. The number of aromatic nitrogens is 4. The Morgan fingerprint density at radius 2 is 1.81 bits per heavy atom. The molecule has 0 aliphatic carbocycles. The van der Waals surface area contributed by atoms with E-state index in [2.05, 4.69) is 25.6 Å². The lowest BCUT2D eigenvalue weighted by Crippen LogP contribution is -2.26. The number of para-hydroxylation sites is 2. The minimum Gasteiger partial charge on any atom is -0.308 e. The molecule has 0 spiro atoms. The van der Waals surface area contributed by atoms with Gasteiger partial charge in [-0.25, -0.2) is 14.8 Å². The van der Waals surface area contributed by atoms with E-state index in [1.54, 1.807) is 67.1 Å². The number of hydrogen-bond donors (Lipinski definition) is 2. The van der Waals surface area contributed by atoms with Crippen molar-refractivity contribution in [3.05, 3.63) is 123 Å². The van der Waals surface area contributed by atoms with Gasteiger partial charge in [-0.2, -0.15) is 0 Å². The number of nitro groups is 1. The van der Waals surface area contributed by atoms with Gasteiger partial charge >= 0.3 is 6.03 Å². The van der Waals surface area contributed by atoms with Crippen LogP contribution in [0.3, 0.4) is 0 Å². The fourth-order valence-electron chi connectivity index (χ4n) is 3.86. The van der Waals surface area contributed by atoms with Gasteiger partial charge in [-0.05, 0) is 48.0 Å². The summed E-state index contributed by atoms with van der Waals surface area (Å²) >= 11 is 0. The largest absolute Gasteiger partial charge is 0.323 e. The molecule has 0 aliphatic rings. The van der Waals surface area contributed by atoms with Crippen LogP contribution in [0.4, 0.5) is 21.9 Å². The van der Waals surface area contributed by atoms with Crippen molar-refractivity contribution in [2.24, 2.45) is 0 Å². The quantitative estimate of drug-likeness (QED) is 0.265. The van der Waals surface area contributed by atoms with Gasteiger partial charge in [0.2, 0.25) is 0 Å². The third kappa shape index (κ3) is 5.00. The molecule has 2 amide bonds. The summed E-state index contributed by atoms with van der Waals surface area (Å²) in [5, 5.41) is 16.4. The van der Waals surface area contributed by atoms with Crippen molar-refractivity contribution < 1.29 is 9.72 Å². The van der Waals surface area contributed by atoms with Crippen molar-refractivity contribution in [1.29, 1.82) is 0 Å². The zero-order chi connectivity index (χ0) is 25.8. The Kier molecular flexibility index (Phi) is 6.32. The Labute approximate surface area is 209 Å². The molecule has 5 aromatic rings. The van der Waals surface area contributed by atoms with Gasteiger partial charge in [0.15, 0.2) is 5.65 Å². The Balaban J connectivity index is 1.49. The van der Waals surface area contributed by atoms with Gasteiger partial charge in [-0.1, -0.05) is 24.3 Å². The Morgan fingerprint density at radius 1 is 0.973 bits per heavy atom. The molecule has 182 valence electrons. The number of rotatable bonds is 6. The number of urea groups is 1. The molecule has 0 bridgehead atoms. The van der Waals surface area contributed by atoms with Gasteiger partial charge in [0, 0.05) is 36.8 Å². The van der Waals surface area contributed by atoms with Crippen molar-refractivity contribution in [3.63, 3.8) is 0 Å². The van der Waals surface area contributed by atoms with Crippen LogP contribution in [0.25, 0.3) is 16.9 Å². The number of nitrogens with zero attached hydrogens (tertiary/aromatic N) is 5. The molecule has 2 N–H and O–H groups in total. The molecule has 0 saturated carbocycles. The molecule has 5 rings (SSSR count). The third-order valence-corrected chi connectivity index (χ3v) is 5.49. The first-order valence-corrected chi connectivity index (χ1v) is 11.2. The van der Waals surface area contributed by atoms with Gasteiger partial charge in [-0.15, -0.1) is 0 Å². The summed E-state index contributed by atoms with van der Waals surface area (Å²) < 4.78 is 1.44. The molecule has 37 heavy (non-hydrogen) atoms. The number of carbonyl (C=O) groups is 1. The summed E-state index contributed by atoms with van der Waals surface area (Å²) in [4.78, 5) is 49.8. The maximum absolute atomic E-state index is 13.5. The van der Waals surface area contributed by atoms with Crippen LogP contribution in [0.1, 0.15) is 11.3 Å². The molecule has 0 unspecified atom stereocenters. The van der Waals surface area contributed by atoms with Crippen LogP contribution in [-0.4, -0.2) is 30.5 Å². The maximum atomic E-state index is 13.5. The molecular weight excluding hydrogens is 474 g/mol. The number of hydrogen-bond acceptors (Lipinski definition) is 7. The van der Waals surface area contributed by atoms with Gasteiger partial charge in [-0.3, -0.25) is 24.5 Å². The SMILES string of the molecule is O=C(Nc1cccc(-n2c(=O)c(Cc3cccnc3)nc3cccnc32)c1)Nc1ccccc1[N+](=O)[O-]. The van der Waals surface area contributed by atoms with E-state index in [0.29, 0.717) is 28.2 Å². The molecule has 0 saturated heterocycles. The molecule has 0 aliphatic heterocycles. The van der Waals surface area contributed by atoms with E-state index in [9.17, 15) is 19.7 Å². The summed E-state index contributed by atoms with van der Waals surface area (Å²) in [6.07, 6.45) is 5.19. The predicted molar refractivity (Wildman–Crippen MR) is 138 cm³/mol. The average Bonchev–Trinajstić information content (AvgIpc) is 2.90. The predicted octanol–water partition coefficient (Wildman–Crippen LogP) is 4.32. The van der Waals surface area contributed by atoms with Crippen LogP contribution in [-0.2, 0) is 6.42 Å². The summed E-state index contributed by atoms with van der Waals surface area (Å²) in [6.45, 7) is 0. The van der Waals surface area contributed by atoms with Crippen LogP contribution >= 0.6 is 0 Å². The standard InChI is InChI=1S/C26H19N7O4/c34-25-22(14-17-6-4-12-27-16-17)30-21-10-5-13-28-24(21)32(25)19-8-3-7-18(15-19)29-26(35)31-20-9-1-2-11-23(20)33(36)37/h1-13,15-16H,14H2,(H2,29,31,35). The molecule has 0 radical (unpaired) electrons. The minimum absolute atomic E-state index is 0.0572. The van der Waals surface area contributed by atoms with E-state index in [1.807, 2.05) is 6.07 Å². The molecule has 3 aromatic heterocycles. The normalized spacial score (nSPS) is 10.7. The monoisotopic (exact) mass is 493 g/mol. The minimum atomic E-state index is -0.672. The van der Waals surface area contributed by atoms with Crippen LogP contribution in [0.2, 0.25) is 0 Å². The number of pyridine rings is 2. The zero-order valence-electron chi connectivity index (χ0n) is 19.2. The van der Waals surface area contributed by atoms with Gasteiger partial charge in [0.05, 0.1) is 10.6 Å². The van der Waals surface area contributed by atoms with Gasteiger partial charge in [0.1, 0.15) is 16.9 Å². The number of nitrogens with one attached hydrogen (secondary N) is 2. The number of fused-ring (bicyclic) bond motifs is 1. The first-order valence-electron chi connectivity index (χ1n) is 11.2. The lowest BCUT2D eigenvalue weighted by Gasteiger charge is -2.13. The number of benzene rings is 2. The first-order chi connectivity index (χ1) is 18.0. The van der Waals surface area contributed by atoms with Crippen molar-refractivity contribution in [2.75, 3.05) is 10.6 Å². The van der Waals surface area contributed by atoms with E-state index in [-0.39, 0.29) is 23.4 Å². The highest BCUT2D eigenvalue weighted by Gasteiger charge is 2.17. The van der Waals surface area contributed by atoms with Crippen LogP contribution in [0.15, 0.2) is 96.2 Å². The average molecular weight is 493 g/mol. The van der Waals surface area contributed by atoms with E-state index in [0.717, 1.165) is 5.56 Å². The van der Waals surface area contributed by atoms with E-state index < -0.39 is 11.0 Å². The second-order valence-electron chi connectivity index (χ2n) is 7.99. The first kappa shape index (κ1) is 23.3. The van der Waals surface area contributed by atoms with Gasteiger partial charge < -0.3 is 10.6 Å². The summed E-state index contributed by atoms with van der Waals surface area (Å²) in [5.74, 6) is 0. The van der Waals surface area contributed by atoms with Crippen molar-refractivity contribution >= 4 is 34.3 Å². The number of anilines is 2. The Hall–Kier alpha value is -5.45. The van der Waals surface area contributed by atoms with Crippen LogP contribution in [0.5, 0.6) is 0 Å². The van der Waals surface area contributed by atoms with Crippen molar-refractivity contribution in [2.45, 2.75) is 6.42 Å². The highest BCUT2D eigenvalue weighted by atomic mass is 16.6. The number of nitro benzene ring substituents is 1. The molecule has 3 heterocycles. The Bertz CT molecular complexity index is 1690. The van der Waals surface area contributed by atoms with E-state index in [4.69, 9.17) is 0 Å². The van der Waals surface area contributed by atoms with Crippen molar-refractivity contribution in [1.82, 2.24) is 19.5 Å².